The molecule has 8 nitrogen and oxygen atoms in total. The van der Waals surface area contributed by atoms with Crippen LogP contribution in [0, 0.1) is 0 Å². The highest BCUT2D eigenvalue weighted by atomic mass is 16.2. The van der Waals surface area contributed by atoms with E-state index in [4.69, 9.17) is 5.73 Å². The molecule has 0 heterocycles. The van der Waals surface area contributed by atoms with Crippen molar-refractivity contribution in [2.45, 2.75) is 44.2 Å². The molecule has 0 aliphatic rings. The summed E-state index contributed by atoms with van der Waals surface area (Å²) in [7, 11) is 5.43. The van der Waals surface area contributed by atoms with Crippen LogP contribution in [0.15, 0.2) is 0 Å². The molecule has 0 radical (unpaired) electrons. The molecule has 2 atom stereocenters. The number of rotatable bonds is 15. The van der Waals surface area contributed by atoms with Gasteiger partial charge in [0.2, 0.25) is 11.8 Å². The molecule has 142 valence electrons. The van der Waals surface area contributed by atoms with Crippen LogP contribution in [0.5, 0.6) is 0 Å². The lowest BCUT2D eigenvalue weighted by Crippen LogP contribution is -2.44. The lowest BCUT2D eigenvalue weighted by atomic mass is 10.1. The Hall–Kier alpha value is -1.22. The van der Waals surface area contributed by atoms with Gasteiger partial charge in [-0.2, -0.15) is 0 Å². The Bertz CT molecular complexity index is 341. The Morgan fingerprint density at radius 1 is 0.792 bits per heavy atom. The van der Waals surface area contributed by atoms with Crippen molar-refractivity contribution in [2.24, 2.45) is 5.73 Å². The number of carbonyl (C=O) groups is 2. The zero-order valence-corrected chi connectivity index (χ0v) is 15.4. The SMILES string of the molecule is CNCCNC(=O)[C@H](CCCCNC(=O)[C@H](CCCN)NC)NC. The highest BCUT2D eigenvalue weighted by molar-refractivity contribution is 5.82. The number of nitrogens with two attached hydrogens (primary N) is 1. The standard InChI is InChI=1S/C16H36N6O2/c1-18-11-12-22-16(24)13(19-2)7-4-5-10-21-15(23)14(20-3)8-6-9-17/h13-14,18-20H,4-12,17H2,1-3H3,(H,21,23)(H,22,24)/t13-,14-/m0/s1. The molecule has 0 saturated heterocycles. The van der Waals surface area contributed by atoms with Gasteiger partial charge in [-0.1, -0.05) is 0 Å². The maximum Gasteiger partial charge on any atom is 0.237 e. The molecule has 0 aromatic carbocycles. The Labute approximate surface area is 146 Å². The molecule has 0 aliphatic heterocycles. The minimum atomic E-state index is -0.188. The Kier molecular flexibility index (Phi) is 14.5. The molecule has 24 heavy (non-hydrogen) atoms. The normalized spacial score (nSPS) is 13.3. The fraction of sp³-hybridized carbons (Fsp3) is 0.875. The smallest absolute Gasteiger partial charge is 0.237 e. The molecule has 0 rings (SSSR count). The second kappa shape index (κ2) is 15.3. The van der Waals surface area contributed by atoms with Crippen LogP contribution in [0.1, 0.15) is 32.1 Å². The van der Waals surface area contributed by atoms with E-state index in [0.29, 0.717) is 19.6 Å². The lowest BCUT2D eigenvalue weighted by Gasteiger charge is -2.17. The Morgan fingerprint density at radius 2 is 1.33 bits per heavy atom. The topological polar surface area (TPSA) is 120 Å². The zero-order chi connectivity index (χ0) is 18.2. The second-order valence-corrected chi connectivity index (χ2v) is 5.79. The van der Waals surface area contributed by atoms with Crippen LogP contribution in [0.4, 0.5) is 0 Å². The van der Waals surface area contributed by atoms with Crippen molar-refractivity contribution in [2.75, 3.05) is 47.3 Å². The molecule has 0 aliphatic carbocycles. The lowest BCUT2D eigenvalue weighted by molar-refractivity contribution is -0.124. The summed E-state index contributed by atoms with van der Waals surface area (Å²) in [6, 6.07) is -0.372. The predicted molar refractivity (Wildman–Crippen MR) is 97.8 cm³/mol. The first-order valence-electron chi connectivity index (χ1n) is 8.85. The van der Waals surface area contributed by atoms with Crippen LogP contribution in [-0.4, -0.2) is 71.2 Å². The van der Waals surface area contributed by atoms with Gasteiger partial charge in [-0.3, -0.25) is 9.59 Å². The van der Waals surface area contributed by atoms with Gasteiger partial charge in [-0.15, -0.1) is 0 Å². The summed E-state index contributed by atoms with van der Waals surface area (Å²) in [5, 5.41) is 14.9. The highest BCUT2D eigenvalue weighted by Gasteiger charge is 2.16. The maximum absolute atomic E-state index is 12.0. The molecule has 0 bridgehead atoms. The van der Waals surface area contributed by atoms with E-state index in [1.807, 2.05) is 7.05 Å². The number of hydrogen-bond acceptors (Lipinski definition) is 6. The number of likely N-dealkylation sites (N-methyl/N-ethyl adjacent to an activating group) is 3. The first kappa shape index (κ1) is 22.8. The first-order chi connectivity index (χ1) is 11.6. The third-order valence-corrected chi connectivity index (χ3v) is 3.92. The Morgan fingerprint density at radius 3 is 1.83 bits per heavy atom. The monoisotopic (exact) mass is 344 g/mol. The summed E-state index contributed by atoms with van der Waals surface area (Å²) in [6.07, 6.45) is 4.04. The number of nitrogens with one attached hydrogen (secondary N) is 5. The Balaban J connectivity index is 3.89. The maximum atomic E-state index is 12.0. The molecular weight excluding hydrogens is 308 g/mol. The van der Waals surface area contributed by atoms with Crippen LogP contribution in [0.25, 0.3) is 0 Å². The summed E-state index contributed by atoms with van der Waals surface area (Å²) < 4.78 is 0. The van der Waals surface area contributed by atoms with Crippen LogP contribution in [0.3, 0.4) is 0 Å². The molecule has 8 heteroatoms. The fourth-order valence-electron chi connectivity index (χ4n) is 2.38. The minimum Gasteiger partial charge on any atom is -0.355 e. The fourth-order valence-corrected chi connectivity index (χ4v) is 2.38. The van der Waals surface area contributed by atoms with Gasteiger partial charge in [-0.25, -0.2) is 0 Å². The summed E-state index contributed by atoms with van der Waals surface area (Å²) in [5.41, 5.74) is 5.47. The van der Waals surface area contributed by atoms with E-state index >= 15 is 0 Å². The molecular formula is C16H36N6O2. The highest BCUT2D eigenvalue weighted by Crippen LogP contribution is 2.01. The van der Waals surface area contributed by atoms with Crippen molar-refractivity contribution in [3.8, 4) is 0 Å². The molecule has 0 unspecified atom stereocenters. The van der Waals surface area contributed by atoms with Crippen molar-refractivity contribution in [3.63, 3.8) is 0 Å². The van der Waals surface area contributed by atoms with Crippen molar-refractivity contribution in [1.82, 2.24) is 26.6 Å². The van der Waals surface area contributed by atoms with E-state index in [9.17, 15) is 9.59 Å². The number of carbonyl (C=O) groups excluding carboxylic acids is 2. The number of hydrogen-bond donors (Lipinski definition) is 6. The van der Waals surface area contributed by atoms with Crippen molar-refractivity contribution in [1.29, 1.82) is 0 Å². The van der Waals surface area contributed by atoms with E-state index in [2.05, 4.69) is 26.6 Å². The van der Waals surface area contributed by atoms with Gasteiger partial charge in [0.25, 0.3) is 0 Å². The summed E-state index contributed by atoms with van der Waals surface area (Å²) in [5.74, 6) is 0.0368. The molecule has 7 N–H and O–H groups in total. The van der Waals surface area contributed by atoms with Gasteiger partial charge < -0.3 is 32.3 Å². The summed E-state index contributed by atoms with van der Waals surface area (Å²) in [6.45, 7) is 2.59. The molecule has 0 saturated carbocycles. The van der Waals surface area contributed by atoms with Crippen molar-refractivity contribution >= 4 is 11.8 Å². The van der Waals surface area contributed by atoms with Gasteiger partial charge in [0.05, 0.1) is 12.1 Å². The molecule has 2 amide bonds. The number of amides is 2. The second-order valence-electron chi connectivity index (χ2n) is 5.79. The average Bonchev–Trinajstić information content (AvgIpc) is 2.58. The van der Waals surface area contributed by atoms with Gasteiger partial charge in [0, 0.05) is 19.6 Å². The van der Waals surface area contributed by atoms with E-state index in [1.54, 1.807) is 14.1 Å². The largest absolute Gasteiger partial charge is 0.355 e. The van der Waals surface area contributed by atoms with E-state index in [-0.39, 0.29) is 23.9 Å². The molecule has 0 aromatic heterocycles. The molecule has 0 aromatic rings. The van der Waals surface area contributed by atoms with Crippen LogP contribution in [0.2, 0.25) is 0 Å². The third-order valence-electron chi connectivity index (χ3n) is 3.92. The van der Waals surface area contributed by atoms with Gasteiger partial charge in [0.1, 0.15) is 0 Å². The van der Waals surface area contributed by atoms with Gasteiger partial charge in [-0.05, 0) is 59.8 Å². The average molecular weight is 345 g/mol. The van der Waals surface area contributed by atoms with Crippen LogP contribution < -0.4 is 32.3 Å². The van der Waals surface area contributed by atoms with Gasteiger partial charge in [0.15, 0.2) is 0 Å². The molecule has 0 spiro atoms. The summed E-state index contributed by atoms with van der Waals surface area (Å²) >= 11 is 0. The van der Waals surface area contributed by atoms with Crippen LogP contribution in [-0.2, 0) is 9.59 Å². The van der Waals surface area contributed by atoms with Gasteiger partial charge >= 0.3 is 0 Å². The van der Waals surface area contributed by atoms with Crippen molar-refractivity contribution in [3.05, 3.63) is 0 Å². The predicted octanol–water partition coefficient (Wildman–Crippen LogP) is -1.48. The summed E-state index contributed by atoms with van der Waals surface area (Å²) in [4.78, 5) is 24.0. The quantitative estimate of drug-likeness (QED) is 0.202. The van der Waals surface area contributed by atoms with Crippen molar-refractivity contribution < 1.29 is 9.59 Å². The number of unbranched alkanes of at least 4 members (excludes halogenated alkanes) is 1. The first-order valence-corrected chi connectivity index (χ1v) is 8.85. The van der Waals surface area contributed by atoms with E-state index in [1.165, 1.54) is 0 Å². The molecule has 0 fully saturated rings. The van der Waals surface area contributed by atoms with E-state index in [0.717, 1.165) is 38.6 Å². The third kappa shape index (κ3) is 10.5. The van der Waals surface area contributed by atoms with E-state index < -0.39 is 0 Å². The minimum absolute atomic E-state index is 0.0147. The van der Waals surface area contributed by atoms with Crippen LogP contribution >= 0.6 is 0 Å². The zero-order valence-electron chi connectivity index (χ0n) is 15.4.